The Hall–Kier alpha value is -3.34. The van der Waals surface area contributed by atoms with Crippen molar-refractivity contribution in [3.63, 3.8) is 0 Å². The lowest BCUT2D eigenvalue weighted by molar-refractivity contribution is -0.139. The summed E-state index contributed by atoms with van der Waals surface area (Å²) in [5.74, 6) is -7.61. The smallest absolute Gasteiger partial charge is 0.338 e. The molecule has 4 heterocycles. The van der Waals surface area contributed by atoms with Gasteiger partial charge >= 0.3 is 11.9 Å². The maximum atomic E-state index is 15.3. The number of thiazole rings is 1. The molecular formula is C27H30F3N5O6S2. The van der Waals surface area contributed by atoms with E-state index >= 15 is 8.78 Å². The van der Waals surface area contributed by atoms with Gasteiger partial charge in [0.05, 0.1) is 36.8 Å². The molecule has 1 aromatic carbocycles. The first-order valence-corrected chi connectivity index (χ1v) is 16.0. The molecule has 2 fully saturated rings. The minimum atomic E-state index is -4.10. The van der Waals surface area contributed by atoms with Gasteiger partial charge in [-0.3, -0.25) is 14.7 Å². The second-order valence-corrected chi connectivity index (χ2v) is 13.5. The van der Waals surface area contributed by atoms with E-state index in [1.165, 1.54) is 28.4 Å². The number of hydrogen-bond donors (Lipinski definition) is 2. The molecule has 0 aliphatic carbocycles. The van der Waals surface area contributed by atoms with Gasteiger partial charge < -0.3 is 15.2 Å². The maximum absolute atomic E-state index is 15.3. The normalized spacial score (nSPS) is 24.0. The van der Waals surface area contributed by atoms with E-state index in [9.17, 15) is 22.4 Å². The van der Waals surface area contributed by atoms with Gasteiger partial charge in [-0.1, -0.05) is 12.1 Å². The molecule has 11 nitrogen and oxygen atoms in total. The zero-order chi connectivity index (χ0) is 31.1. The fraction of sp³-hybridized carbons (Fsp3) is 0.481. The molecule has 43 heavy (non-hydrogen) atoms. The van der Waals surface area contributed by atoms with Gasteiger partial charge in [-0.2, -0.15) is 4.31 Å². The predicted octanol–water partition coefficient (Wildman–Crippen LogP) is 2.55. The molecule has 2 saturated heterocycles. The van der Waals surface area contributed by atoms with Crippen LogP contribution in [0.4, 0.5) is 13.2 Å². The molecule has 0 bridgehead atoms. The van der Waals surface area contributed by atoms with E-state index in [1.807, 2.05) is 0 Å². The summed E-state index contributed by atoms with van der Waals surface area (Å²) < 4.78 is 77.2. The molecule has 0 amide bonds. The molecule has 3 aliphatic heterocycles. The first-order chi connectivity index (χ1) is 20.3. The first kappa shape index (κ1) is 31.1. The van der Waals surface area contributed by atoms with E-state index in [1.54, 1.807) is 31.5 Å². The number of fused-ring (bicyclic) bond motifs is 1. The fourth-order valence-electron chi connectivity index (χ4n) is 5.75. The van der Waals surface area contributed by atoms with Gasteiger partial charge in [-0.05, 0) is 31.0 Å². The van der Waals surface area contributed by atoms with Crippen molar-refractivity contribution in [3.8, 4) is 0 Å². The molecule has 0 spiro atoms. The van der Waals surface area contributed by atoms with Gasteiger partial charge in [0.1, 0.15) is 11.9 Å². The van der Waals surface area contributed by atoms with E-state index < -0.39 is 77.0 Å². The van der Waals surface area contributed by atoms with Crippen LogP contribution in [0.1, 0.15) is 35.5 Å². The lowest BCUT2D eigenvalue weighted by atomic mass is 9.92. The number of likely N-dealkylation sites (tertiary alicyclic amines) is 1. The molecule has 232 valence electrons. The second kappa shape index (κ2) is 12.0. The number of aromatic nitrogens is 1. The Balaban J connectivity index is 1.54. The third kappa shape index (κ3) is 6.18. The van der Waals surface area contributed by atoms with Crippen LogP contribution in [-0.4, -0.2) is 96.0 Å². The number of aliphatic imine (C=N–C) groups is 1. The van der Waals surface area contributed by atoms with E-state index in [2.05, 4.69) is 10.3 Å². The predicted molar refractivity (Wildman–Crippen MR) is 151 cm³/mol. The van der Waals surface area contributed by atoms with Crippen molar-refractivity contribution in [3.05, 3.63) is 63.0 Å². The highest BCUT2D eigenvalue weighted by atomic mass is 32.2. The summed E-state index contributed by atoms with van der Waals surface area (Å²) in [6, 6.07) is 2.45. The molecule has 3 atom stereocenters. The zero-order valence-electron chi connectivity index (χ0n) is 23.3. The number of carboxylic acids is 1. The number of ether oxygens (including phenoxy) is 1. The molecular weight excluding hydrogens is 611 g/mol. The summed E-state index contributed by atoms with van der Waals surface area (Å²) >= 11 is 1.26. The highest BCUT2D eigenvalue weighted by molar-refractivity contribution is 7.89. The van der Waals surface area contributed by atoms with Crippen molar-refractivity contribution < 1.29 is 41.0 Å². The monoisotopic (exact) mass is 641 g/mol. The number of carboxylic acid groups (broad SMARTS) is 1. The number of hydrogen-bond acceptors (Lipinski definition) is 10. The van der Waals surface area contributed by atoms with Crippen LogP contribution in [0.25, 0.3) is 0 Å². The summed E-state index contributed by atoms with van der Waals surface area (Å²) in [4.78, 5) is 34.8. The molecule has 1 aromatic heterocycles. The lowest BCUT2D eigenvalue weighted by Gasteiger charge is -2.31. The topological polar surface area (TPSA) is 142 Å². The van der Waals surface area contributed by atoms with Crippen LogP contribution < -0.4 is 5.32 Å². The molecule has 5 rings (SSSR count). The van der Waals surface area contributed by atoms with Crippen molar-refractivity contribution in [2.75, 3.05) is 38.5 Å². The number of amidine groups is 1. The number of nitrogens with one attached hydrogen (secondary N) is 1. The summed E-state index contributed by atoms with van der Waals surface area (Å²) in [5.41, 5.74) is 0.864. The van der Waals surface area contributed by atoms with Crippen LogP contribution in [0.5, 0.6) is 0 Å². The van der Waals surface area contributed by atoms with Crippen LogP contribution in [-0.2, 0) is 24.3 Å². The van der Waals surface area contributed by atoms with Crippen LogP contribution in [0.15, 0.2) is 46.0 Å². The van der Waals surface area contributed by atoms with E-state index in [0.717, 1.165) is 4.31 Å². The Morgan fingerprint density at radius 3 is 2.72 bits per heavy atom. The fourth-order valence-corrected chi connectivity index (χ4v) is 7.80. The minimum Gasteiger partial charge on any atom is -0.481 e. The molecule has 2 aromatic rings. The zero-order valence-corrected chi connectivity index (χ0v) is 24.9. The average Bonchev–Trinajstić information content (AvgIpc) is 3.68. The van der Waals surface area contributed by atoms with Crippen molar-refractivity contribution in [2.45, 2.75) is 38.3 Å². The van der Waals surface area contributed by atoms with Crippen LogP contribution in [0.2, 0.25) is 0 Å². The number of sulfonamides is 1. The first-order valence-electron chi connectivity index (χ1n) is 13.5. The average molecular weight is 642 g/mol. The maximum Gasteiger partial charge on any atom is 0.338 e. The number of aliphatic carboxylic acids is 1. The van der Waals surface area contributed by atoms with Gasteiger partial charge in [0.2, 0.25) is 10.0 Å². The van der Waals surface area contributed by atoms with Crippen LogP contribution >= 0.6 is 11.3 Å². The standard InChI is InChI=1S/C27H30F3N5O6S2/c1-3-41-26(38)22-19(32-24(25-31-8-9-42-25)33-23(22)16-5-4-6-18(28)15(16)2)12-34-14-27(29,30)17-11-35(13-20(17)34)43(39,40)10-7-21(36)37/h4-6,8-9,17,20,23H,3,7,10-14H2,1-2H3,(H,32,33)(H,36,37)/t17-,20+,23+/m1/s1. The second-order valence-electron chi connectivity index (χ2n) is 10.5. The van der Waals surface area contributed by atoms with Gasteiger partial charge in [0.15, 0.2) is 10.8 Å². The van der Waals surface area contributed by atoms with Crippen molar-refractivity contribution in [1.29, 1.82) is 0 Å². The number of carbonyl (C=O) groups is 2. The van der Waals surface area contributed by atoms with Crippen LogP contribution in [0, 0.1) is 18.7 Å². The highest BCUT2D eigenvalue weighted by Gasteiger charge is 2.59. The summed E-state index contributed by atoms with van der Waals surface area (Å²) in [6.45, 7) is 1.56. The number of alkyl halides is 2. The minimum absolute atomic E-state index is 0.0170. The lowest BCUT2D eigenvalue weighted by Crippen LogP contribution is -2.44. The van der Waals surface area contributed by atoms with Crippen molar-refractivity contribution in [2.24, 2.45) is 10.9 Å². The molecule has 3 aliphatic rings. The highest BCUT2D eigenvalue weighted by Crippen LogP contribution is 2.44. The number of halogens is 3. The largest absolute Gasteiger partial charge is 0.481 e. The molecule has 16 heteroatoms. The van der Waals surface area contributed by atoms with Gasteiger partial charge in [0.25, 0.3) is 5.92 Å². The molecule has 0 saturated carbocycles. The van der Waals surface area contributed by atoms with E-state index in [0.29, 0.717) is 10.6 Å². The van der Waals surface area contributed by atoms with Gasteiger partial charge in [0, 0.05) is 43.0 Å². The number of rotatable bonds is 10. The number of nitrogens with zero attached hydrogens (tertiary/aromatic N) is 4. The Morgan fingerprint density at radius 1 is 1.28 bits per heavy atom. The number of esters is 1. The molecule has 0 unspecified atom stereocenters. The number of carbonyl (C=O) groups excluding carboxylic acids is 1. The van der Waals surface area contributed by atoms with Gasteiger partial charge in [-0.15, -0.1) is 11.3 Å². The Labute approximate surface area is 250 Å². The quantitative estimate of drug-likeness (QED) is 0.375. The Bertz CT molecular complexity index is 1580. The van der Waals surface area contributed by atoms with E-state index in [4.69, 9.17) is 14.8 Å². The van der Waals surface area contributed by atoms with Crippen molar-refractivity contribution in [1.82, 2.24) is 19.5 Å². The summed E-state index contributed by atoms with van der Waals surface area (Å²) in [6.07, 6.45) is 0.911. The summed E-state index contributed by atoms with van der Waals surface area (Å²) in [5, 5.41) is 14.2. The SMILES string of the molecule is CCOC(=O)C1=C(CN2CC(F)(F)[C@@H]3CN(S(=O)(=O)CCC(=O)O)C[C@@H]32)NC(c2nccs2)=N[C@H]1c1cccc(F)c1C. The van der Waals surface area contributed by atoms with Crippen molar-refractivity contribution >= 4 is 39.1 Å². The molecule has 0 radical (unpaired) electrons. The third-order valence-corrected chi connectivity index (χ3v) is 10.5. The van der Waals surface area contributed by atoms with Crippen LogP contribution in [0.3, 0.4) is 0 Å². The molecule has 2 N–H and O–H groups in total. The third-order valence-electron chi connectivity index (χ3n) is 7.87. The Morgan fingerprint density at radius 2 is 2.05 bits per heavy atom. The summed E-state index contributed by atoms with van der Waals surface area (Å²) in [7, 11) is -4.10. The Kier molecular flexibility index (Phi) is 8.66. The van der Waals surface area contributed by atoms with E-state index in [-0.39, 0.29) is 42.4 Å². The van der Waals surface area contributed by atoms with Gasteiger partial charge in [-0.25, -0.2) is 31.4 Å². The number of benzene rings is 1.